The van der Waals surface area contributed by atoms with Gasteiger partial charge in [0.05, 0.1) is 37.3 Å². The van der Waals surface area contributed by atoms with Crippen molar-refractivity contribution in [3.8, 4) is 0 Å². The summed E-state index contributed by atoms with van der Waals surface area (Å²) in [4.78, 5) is 53.0. The molecule has 0 bridgehead atoms. The largest absolute Gasteiger partial charge is 0.462 e. The van der Waals surface area contributed by atoms with E-state index in [0.29, 0.717) is 52.4 Å². The average Bonchev–Trinajstić information content (AvgIpc) is 2.86. The molecule has 0 rings (SSSR count). The first-order chi connectivity index (χ1) is 17.8. The van der Waals surface area contributed by atoms with Gasteiger partial charge in [0.15, 0.2) is 0 Å². The zero-order chi connectivity index (χ0) is 29.2. The monoisotopic (exact) mass is 547 g/mol. The molecule has 0 radical (unpaired) electrons. The van der Waals surface area contributed by atoms with Gasteiger partial charge in [0, 0.05) is 18.5 Å². The van der Waals surface area contributed by atoms with E-state index in [0.717, 1.165) is 0 Å². The number of ether oxygens (including phenoxy) is 4. The Morgan fingerprint density at radius 1 is 0.684 bits per heavy atom. The van der Waals surface area contributed by atoms with Crippen molar-refractivity contribution in [3.63, 3.8) is 0 Å². The smallest absolute Gasteiger partial charge is 0.311 e. The van der Waals surface area contributed by atoms with Gasteiger partial charge in [0.2, 0.25) is 11.8 Å². The molecule has 0 saturated carbocycles. The molecule has 4 N–H and O–H groups in total. The van der Waals surface area contributed by atoms with E-state index >= 15 is 0 Å². The number of nitrogens with two attached hydrogens (primary N) is 1. The van der Waals surface area contributed by atoms with Crippen LogP contribution in [0.15, 0.2) is 0 Å². The summed E-state index contributed by atoms with van der Waals surface area (Å²) < 4.78 is 21.4. The maximum atomic E-state index is 12.8. The van der Waals surface area contributed by atoms with Crippen molar-refractivity contribution in [1.29, 1.82) is 0 Å². The Balaban J connectivity index is 4.31. The number of nitrogens with one attached hydrogen (secondary N) is 2. The Morgan fingerprint density at radius 3 is 1.71 bits per heavy atom. The molecule has 1 atom stereocenters. The Hall–Kier alpha value is -2.28. The van der Waals surface area contributed by atoms with Crippen molar-refractivity contribution in [2.45, 2.75) is 67.7 Å². The third-order valence-corrected chi connectivity index (χ3v) is 6.39. The summed E-state index contributed by atoms with van der Waals surface area (Å²) in [6.07, 6.45) is 1.41. The van der Waals surface area contributed by atoms with Gasteiger partial charge >= 0.3 is 11.9 Å². The molecule has 12 heteroatoms. The molecule has 38 heavy (non-hydrogen) atoms. The first-order valence-electron chi connectivity index (χ1n) is 13.1. The summed E-state index contributed by atoms with van der Waals surface area (Å²) in [5.74, 6) is 3.52. The van der Waals surface area contributed by atoms with Crippen molar-refractivity contribution in [2.24, 2.45) is 22.1 Å². The molecule has 0 aromatic heterocycles. The van der Waals surface area contributed by atoms with Crippen LogP contribution in [0.25, 0.3) is 0 Å². The van der Waals surface area contributed by atoms with Crippen LogP contribution in [0.5, 0.6) is 0 Å². The molecule has 2 amide bonds. The summed E-state index contributed by atoms with van der Waals surface area (Å²) in [7, 11) is 0. The van der Waals surface area contributed by atoms with E-state index < -0.39 is 22.2 Å². The highest BCUT2D eigenvalue weighted by molar-refractivity contribution is 5.84. The predicted molar refractivity (Wildman–Crippen MR) is 141 cm³/mol. The molecule has 0 aromatic rings. The maximum absolute atomic E-state index is 12.8. The summed E-state index contributed by atoms with van der Waals surface area (Å²) in [5, 5.41) is 5.41. The number of rotatable bonds is 21. The molecule has 222 valence electrons. The van der Waals surface area contributed by atoms with Gasteiger partial charge in [-0.05, 0) is 40.0 Å². The van der Waals surface area contributed by atoms with E-state index in [2.05, 4.69) is 15.5 Å². The van der Waals surface area contributed by atoms with Crippen LogP contribution in [0, 0.1) is 16.2 Å². The number of carbonyl (C=O) groups excluding carboxylic acids is 4. The van der Waals surface area contributed by atoms with Crippen LogP contribution < -0.4 is 16.5 Å². The Bertz CT molecular complexity index is 743. The molecule has 0 aliphatic heterocycles. The fourth-order valence-electron chi connectivity index (χ4n) is 3.37. The molecule has 0 spiro atoms. The first-order valence-corrected chi connectivity index (χ1v) is 13.1. The zero-order valence-corrected chi connectivity index (χ0v) is 24.2. The summed E-state index contributed by atoms with van der Waals surface area (Å²) in [6, 6.07) is 0. The van der Waals surface area contributed by atoms with Gasteiger partial charge in [-0.15, -0.1) is 0 Å². The van der Waals surface area contributed by atoms with Crippen molar-refractivity contribution >= 4 is 23.8 Å². The van der Waals surface area contributed by atoms with E-state index in [9.17, 15) is 19.2 Å². The van der Waals surface area contributed by atoms with Crippen LogP contribution in [0.2, 0.25) is 0 Å². The fraction of sp³-hybridized carbons (Fsp3) is 0.846. The number of amides is 2. The summed E-state index contributed by atoms with van der Waals surface area (Å²) >= 11 is 0. The lowest BCUT2D eigenvalue weighted by Crippen LogP contribution is -2.44. The Labute approximate surface area is 226 Å². The lowest BCUT2D eigenvalue weighted by atomic mass is 9.72. The van der Waals surface area contributed by atoms with Crippen molar-refractivity contribution in [2.75, 3.05) is 59.3 Å². The molecule has 12 nitrogen and oxygen atoms in total. The van der Waals surface area contributed by atoms with Crippen LogP contribution in [-0.4, -0.2) is 83.1 Å². The molecule has 1 unspecified atom stereocenters. The van der Waals surface area contributed by atoms with E-state index in [4.69, 9.17) is 24.8 Å². The van der Waals surface area contributed by atoms with Crippen molar-refractivity contribution < 1.29 is 43.0 Å². The average molecular weight is 548 g/mol. The third-order valence-electron chi connectivity index (χ3n) is 6.39. The molecule has 0 aromatic carbocycles. The topological polar surface area (TPSA) is 165 Å². The first kappa shape index (κ1) is 35.7. The second-order valence-corrected chi connectivity index (χ2v) is 10.6. The van der Waals surface area contributed by atoms with E-state index in [-0.39, 0.29) is 44.0 Å². The van der Waals surface area contributed by atoms with Crippen LogP contribution >= 0.6 is 0 Å². The Morgan fingerprint density at radius 2 is 1.21 bits per heavy atom. The highest BCUT2D eigenvalue weighted by atomic mass is 16.6. The zero-order valence-electron chi connectivity index (χ0n) is 24.2. The Kier molecular flexibility index (Phi) is 17.0. The standard InChI is InChI=1S/C26H49N3O9/c1-8-24(3,4)22(32)36-16-17-37-23(33)26(7,9-2)19-25(5,6)21(31)29-11-13-35-15-14-34-12-10-28-20(30)18-38-27/h8-19,27H2,1-7H3,(H,28,30)(H,29,31). The van der Waals surface area contributed by atoms with Gasteiger partial charge in [0.1, 0.15) is 19.8 Å². The SMILES string of the molecule is CCC(C)(C)C(=O)OCCOC(=O)C(C)(CC)CC(C)(C)C(=O)NCCOCCOCCNC(=O)CON. The molecule has 0 aliphatic carbocycles. The number of hydrogen-bond acceptors (Lipinski definition) is 10. The highest BCUT2D eigenvalue weighted by Gasteiger charge is 2.42. The predicted octanol–water partition coefficient (Wildman–Crippen LogP) is 1.50. The molecule has 0 aliphatic rings. The van der Waals surface area contributed by atoms with Gasteiger partial charge in [-0.3, -0.25) is 24.0 Å². The van der Waals surface area contributed by atoms with Crippen LogP contribution in [0.4, 0.5) is 0 Å². The maximum Gasteiger partial charge on any atom is 0.311 e. The van der Waals surface area contributed by atoms with Crippen molar-refractivity contribution in [3.05, 3.63) is 0 Å². The molecule has 0 fully saturated rings. The highest BCUT2D eigenvalue weighted by Crippen LogP contribution is 2.37. The second kappa shape index (κ2) is 18.1. The number of esters is 2. The summed E-state index contributed by atoms with van der Waals surface area (Å²) in [6.45, 7) is 14.4. The van der Waals surface area contributed by atoms with Gasteiger partial charge in [-0.1, -0.05) is 27.7 Å². The number of hydrogen-bond donors (Lipinski definition) is 3. The minimum Gasteiger partial charge on any atom is -0.462 e. The minimum atomic E-state index is -0.877. The summed E-state index contributed by atoms with van der Waals surface area (Å²) in [5.41, 5.74) is -2.29. The van der Waals surface area contributed by atoms with Gasteiger partial charge in [0.25, 0.3) is 0 Å². The van der Waals surface area contributed by atoms with Gasteiger partial charge in [-0.2, -0.15) is 0 Å². The van der Waals surface area contributed by atoms with Gasteiger partial charge < -0.3 is 29.6 Å². The quantitative estimate of drug-likeness (QED) is 0.109. The van der Waals surface area contributed by atoms with E-state index in [1.165, 1.54) is 0 Å². The van der Waals surface area contributed by atoms with Crippen LogP contribution in [0.3, 0.4) is 0 Å². The van der Waals surface area contributed by atoms with Crippen molar-refractivity contribution in [1.82, 2.24) is 10.6 Å². The van der Waals surface area contributed by atoms with Crippen LogP contribution in [-0.2, 0) is 43.0 Å². The van der Waals surface area contributed by atoms with Gasteiger partial charge in [-0.25, -0.2) is 5.90 Å². The van der Waals surface area contributed by atoms with E-state index in [1.807, 2.05) is 13.8 Å². The number of carbonyl (C=O) groups is 4. The van der Waals surface area contributed by atoms with E-state index in [1.54, 1.807) is 34.6 Å². The second-order valence-electron chi connectivity index (χ2n) is 10.6. The third kappa shape index (κ3) is 14.0. The molecule has 0 heterocycles. The lowest BCUT2D eigenvalue weighted by molar-refractivity contribution is -0.165. The lowest BCUT2D eigenvalue weighted by Gasteiger charge is -2.34. The van der Waals surface area contributed by atoms with Crippen LogP contribution in [0.1, 0.15) is 67.7 Å². The fourth-order valence-corrected chi connectivity index (χ4v) is 3.37. The molecular formula is C26H49N3O9. The normalized spacial score (nSPS) is 13.4. The molecular weight excluding hydrogens is 498 g/mol. The minimum absolute atomic E-state index is 0.0104. The molecule has 0 saturated heterocycles.